The van der Waals surface area contributed by atoms with Crippen LogP contribution in [0, 0.1) is 11.8 Å². The lowest BCUT2D eigenvalue weighted by molar-refractivity contribution is -0.0400. The van der Waals surface area contributed by atoms with Crippen LogP contribution >= 0.6 is 11.6 Å². The molecular formula is C16H20ClNO2. The fourth-order valence-corrected chi connectivity index (χ4v) is 2.22. The number of rotatable bonds is 2. The van der Waals surface area contributed by atoms with Gasteiger partial charge in [-0.3, -0.25) is 4.90 Å². The lowest BCUT2D eigenvalue weighted by Crippen LogP contribution is -2.39. The van der Waals surface area contributed by atoms with Gasteiger partial charge in [-0.25, -0.2) is 0 Å². The predicted octanol–water partition coefficient (Wildman–Crippen LogP) is 3.10. The molecule has 3 nitrogen and oxygen atoms in total. The second kappa shape index (κ2) is 6.15. The van der Waals surface area contributed by atoms with Gasteiger partial charge in [-0.1, -0.05) is 35.6 Å². The summed E-state index contributed by atoms with van der Waals surface area (Å²) in [6, 6.07) is 7.65. The Balaban J connectivity index is 2.12. The first-order valence-corrected chi connectivity index (χ1v) is 6.98. The predicted molar refractivity (Wildman–Crippen MR) is 80.6 cm³/mol. The van der Waals surface area contributed by atoms with Crippen molar-refractivity contribution in [2.75, 3.05) is 20.8 Å². The molecule has 0 spiro atoms. The first kappa shape index (κ1) is 15.3. The maximum absolute atomic E-state index is 5.89. The Bertz CT molecular complexity index is 516. The van der Waals surface area contributed by atoms with E-state index in [1.165, 1.54) is 0 Å². The van der Waals surface area contributed by atoms with Gasteiger partial charge in [0.15, 0.2) is 0 Å². The van der Waals surface area contributed by atoms with Gasteiger partial charge in [0, 0.05) is 12.1 Å². The average Bonchev–Trinajstić information content (AvgIpc) is 2.68. The summed E-state index contributed by atoms with van der Waals surface area (Å²) in [6.07, 6.45) is -0.246. The molecule has 1 fully saturated rings. The molecule has 20 heavy (non-hydrogen) atoms. The second-order valence-corrected chi connectivity index (χ2v) is 5.78. The van der Waals surface area contributed by atoms with Crippen molar-refractivity contribution in [1.82, 2.24) is 4.90 Å². The summed E-state index contributed by atoms with van der Waals surface area (Å²) in [5.74, 6) is 6.42. The summed E-state index contributed by atoms with van der Waals surface area (Å²) in [7, 11) is 3.68. The van der Waals surface area contributed by atoms with Crippen molar-refractivity contribution in [3.8, 4) is 11.8 Å². The Morgan fingerprint density at radius 1 is 1.40 bits per heavy atom. The van der Waals surface area contributed by atoms with Crippen LogP contribution in [0.4, 0.5) is 0 Å². The van der Waals surface area contributed by atoms with Crippen molar-refractivity contribution in [3.05, 3.63) is 34.9 Å². The van der Waals surface area contributed by atoms with Crippen molar-refractivity contribution in [2.24, 2.45) is 0 Å². The van der Waals surface area contributed by atoms with Crippen LogP contribution in [-0.2, 0) is 9.47 Å². The number of nitrogens with zero attached hydrogens (tertiary/aromatic N) is 1. The summed E-state index contributed by atoms with van der Waals surface area (Å²) in [6.45, 7) is 4.71. The quantitative estimate of drug-likeness (QED) is 0.782. The number of hydrogen-bond acceptors (Lipinski definition) is 3. The molecule has 0 amide bonds. The van der Waals surface area contributed by atoms with E-state index in [-0.39, 0.29) is 17.9 Å². The lowest BCUT2D eigenvalue weighted by Gasteiger charge is -2.27. The minimum absolute atomic E-state index is 0.0925. The zero-order valence-corrected chi connectivity index (χ0v) is 13.1. The van der Waals surface area contributed by atoms with E-state index in [4.69, 9.17) is 21.1 Å². The molecule has 0 aromatic heterocycles. The van der Waals surface area contributed by atoms with Crippen molar-refractivity contribution < 1.29 is 9.47 Å². The van der Waals surface area contributed by atoms with Crippen LogP contribution in [0.3, 0.4) is 0 Å². The van der Waals surface area contributed by atoms with Gasteiger partial charge in [0.2, 0.25) is 0 Å². The lowest BCUT2D eigenvalue weighted by atomic mass is 10.1. The molecule has 0 aliphatic carbocycles. The van der Waals surface area contributed by atoms with Crippen molar-refractivity contribution in [1.29, 1.82) is 0 Å². The highest BCUT2D eigenvalue weighted by Crippen LogP contribution is 2.25. The van der Waals surface area contributed by atoms with Gasteiger partial charge in [0.25, 0.3) is 0 Å². The molecule has 1 aliphatic heterocycles. The average molecular weight is 294 g/mol. The Morgan fingerprint density at radius 2 is 2.05 bits per heavy atom. The van der Waals surface area contributed by atoms with Crippen LogP contribution in [0.25, 0.3) is 0 Å². The standard InChI is InChI=1S/C16H20ClNO2/c1-16(2)18(3)14(11-20-16)9-10-15(19-4)12-5-7-13(17)8-6-12/h5-8,14-15H,11H2,1-4H3. The normalized spacial score (nSPS) is 23.1. The van der Waals surface area contributed by atoms with E-state index < -0.39 is 0 Å². The molecule has 1 aromatic rings. The molecule has 0 N–H and O–H groups in total. The summed E-state index contributed by atoms with van der Waals surface area (Å²) in [5.41, 5.74) is 0.743. The maximum Gasteiger partial charge on any atom is 0.143 e. The van der Waals surface area contributed by atoms with Gasteiger partial charge in [-0.05, 0) is 38.6 Å². The summed E-state index contributed by atoms with van der Waals surface area (Å²) < 4.78 is 11.2. The van der Waals surface area contributed by atoms with Gasteiger partial charge < -0.3 is 9.47 Å². The Hall–Kier alpha value is -1.05. The highest BCUT2D eigenvalue weighted by molar-refractivity contribution is 6.30. The zero-order chi connectivity index (χ0) is 14.8. The van der Waals surface area contributed by atoms with Gasteiger partial charge in [-0.2, -0.15) is 0 Å². The van der Waals surface area contributed by atoms with E-state index in [9.17, 15) is 0 Å². The molecule has 1 aliphatic rings. The molecule has 2 atom stereocenters. The number of benzene rings is 1. The SMILES string of the molecule is COC(C#CC1COC(C)(C)N1C)c1ccc(Cl)cc1. The number of halogens is 1. The minimum atomic E-state index is -0.262. The van der Waals surface area contributed by atoms with Crippen molar-refractivity contribution in [2.45, 2.75) is 31.7 Å². The molecule has 4 heteroatoms. The van der Waals surface area contributed by atoms with Crippen molar-refractivity contribution >= 4 is 11.6 Å². The Labute approximate surface area is 125 Å². The van der Waals surface area contributed by atoms with E-state index in [0.29, 0.717) is 11.6 Å². The van der Waals surface area contributed by atoms with Gasteiger partial charge in [0.1, 0.15) is 11.8 Å². The first-order chi connectivity index (χ1) is 9.44. The van der Waals surface area contributed by atoms with Crippen LogP contribution in [0.1, 0.15) is 25.5 Å². The van der Waals surface area contributed by atoms with Crippen LogP contribution in [0.2, 0.25) is 5.02 Å². The molecule has 108 valence electrons. The summed E-state index contributed by atoms with van der Waals surface area (Å²) in [5, 5.41) is 0.710. The van der Waals surface area contributed by atoms with Crippen LogP contribution in [0.5, 0.6) is 0 Å². The zero-order valence-electron chi connectivity index (χ0n) is 12.3. The number of methoxy groups -OCH3 is 1. The smallest absolute Gasteiger partial charge is 0.143 e. The number of ether oxygens (including phenoxy) is 2. The highest BCUT2D eigenvalue weighted by atomic mass is 35.5. The second-order valence-electron chi connectivity index (χ2n) is 5.34. The van der Waals surface area contributed by atoms with Crippen LogP contribution in [0.15, 0.2) is 24.3 Å². The Morgan fingerprint density at radius 3 is 2.55 bits per heavy atom. The van der Waals surface area contributed by atoms with E-state index in [1.54, 1.807) is 7.11 Å². The van der Waals surface area contributed by atoms with Gasteiger partial charge in [-0.15, -0.1) is 0 Å². The van der Waals surface area contributed by atoms with E-state index in [2.05, 4.69) is 16.7 Å². The third kappa shape index (κ3) is 3.34. The first-order valence-electron chi connectivity index (χ1n) is 6.60. The molecule has 0 bridgehead atoms. The minimum Gasteiger partial charge on any atom is -0.364 e. The van der Waals surface area contributed by atoms with Gasteiger partial charge in [0.05, 0.1) is 12.6 Å². The number of likely N-dealkylation sites (N-methyl/N-ethyl adjacent to an activating group) is 1. The number of hydrogen-bond donors (Lipinski definition) is 0. The van der Waals surface area contributed by atoms with Gasteiger partial charge >= 0.3 is 0 Å². The summed E-state index contributed by atoms with van der Waals surface area (Å²) in [4.78, 5) is 2.13. The van der Waals surface area contributed by atoms with E-state index >= 15 is 0 Å². The van der Waals surface area contributed by atoms with E-state index in [0.717, 1.165) is 5.56 Å². The highest BCUT2D eigenvalue weighted by Gasteiger charge is 2.36. The summed E-state index contributed by atoms with van der Waals surface area (Å²) >= 11 is 5.89. The molecule has 2 unspecified atom stereocenters. The molecule has 0 radical (unpaired) electrons. The molecule has 1 saturated heterocycles. The molecule has 1 aromatic carbocycles. The molecular weight excluding hydrogens is 274 g/mol. The molecule has 2 rings (SSSR count). The van der Waals surface area contributed by atoms with Crippen LogP contribution in [-0.4, -0.2) is 37.4 Å². The fourth-order valence-electron chi connectivity index (χ4n) is 2.10. The van der Waals surface area contributed by atoms with Crippen LogP contribution < -0.4 is 0 Å². The fraction of sp³-hybridized carbons (Fsp3) is 0.500. The van der Waals surface area contributed by atoms with Crippen molar-refractivity contribution in [3.63, 3.8) is 0 Å². The monoisotopic (exact) mass is 293 g/mol. The topological polar surface area (TPSA) is 21.7 Å². The third-order valence-corrected chi connectivity index (χ3v) is 3.95. The third-order valence-electron chi connectivity index (χ3n) is 3.70. The maximum atomic E-state index is 5.89. The van der Waals surface area contributed by atoms with E-state index in [1.807, 2.05) is 45.2 Å². The molecule has 0 saturated carbocycles. The molecule has 1 heterocycles. The largest absolute Gasteiger partial charge is 0.364 e. The Kier molecular flexibility index (Phi) is 4.72.